The van der Waals surface area contributed by atoms with Crippen molar-refractivity contribution in [2.75, 3.05) is 26.2 Å². The van der Waals surface area contributed by atoms with Gasteiger partial charge in [-0.2, -0.15) is 0 Å². The van der Waals surface area contributed by atoms with E-state index in [1.54, 1.807) is 0 Å². The normalized spacial score (nSPS) is 18.2. The molecule has 2 aromatic heterocycles. The van der Waals surface area contributed by atoms with Crippen molar-refractivity contribution < 1.29 is 9.36 Å². The Bertz CT molecular complexity index is 1230. The van der Waals surface area contributed by atoms with Gasteiger partial charge in [-0.1, -0.05) is 27.5 Å². The second-order valence-corrected chi connectivity index (χ2v) is 11.2. The zero-order chi connectivity index (χ0) is 23.8. The Hall–Kier alpha value is -1.80. The SMILES string of the molecule is C[n+]1ccc(CC(=O)N2CCN(C3c4ncc(Br)cc4CCc4cc(Cl)cc(Br)c43)CC2)cc1. The van der Waals surface area contributed by atoms with Crippen LogP contribution in [0.3, 0.4) is 0 Å². The van der Waals surface area contributed by atoms with Crippen molar-refractivity contribution in [2.45, 2.75) is 25.3 Å². The number of pyridine rings is 2. The van der Waals surface area contributed by atoms with Gasteiger partial charge in [0.15, 0.2) is 12.4 Å². The molecule has 1 aromatic carbocycles. The van der Waals surface area contributed by atoms with E-state index in [4.69, 9.17) is 16.6 Å². The predicted octanol–water partition coefficient (Wildman–Crippen LogP) is 4.66. The van der Waals surface area contributed by atoms with Crippen molar-refractivity contribution in [3.8, 4) is 0 Å². The lowest BCUT2D eigenvalue weighted by Crippen LogP contribution is -2.50. The van der Waals surface area contributed by atoms with Gasteiger partial charge < -0.3 is 4.90 Å². The first-order valence-corrected chi connectivity index (χ1v) is 13.4. The summed E-state index contributed by atoms with van der Waals surface area (Å²) in [6.07, 6.45) is 8.14. The van der Waals surface area contributed by atoms with Crippen LogP contribution in [0.5, 0.6) is 0 Å². The molecule has 0 spiro atoms. The smallest absolute Gasteiger partial charge is 0.227 e. The van der Waals surface area contributed by atoms with E-state index in [1.807, 2.05) is 53.3 Å². The number of hydrogen-bond donors (Lipinski definition) is 0. The fourth-order valence-corrected chi connectivity index (χ4v) is 6.49. The van der Waals surface area contributed by atoms with E-state index in [2.05, 4.69) is 48.9 Å². The van der Waals surface area contributed by atoms with Gasteiger partial charge in [-0.05, 0) is 69.2 Å². The van der Waals surface area contributed by atoms with Gasteiger partial charge in [-0.3, -0.25) is 14.7 Å². The van der Waals surface area contributed by atoms with Crippen molar-refractivity contribution in [1.82, 2.24) is 14.8 Å². The predicted molar refractivity (Wildman–Crippen MR) is 140 cm³/mol. The van der Waals surface area contributed by atoms with E-state index in [0.717, 1.165) is 51.2 Å². The number of carbonyl (C=O) groups is 1. The van der Waals surface area contributed by atoms with Crippen LogP contribution in [0, 0.1) is 0 Å². The average molecular weight is 606 g/mol. The third-order valence-corrected chi connectivity index (χ3v) is 8.09. The maximum atomic E-state index is 13.0. The first-order chi connectivity index (χ1) is 16.4. The second kappa shape index (κ2) is 10.1. The minimum Gasteiger partial charge on any atom is -0.340 e. The summed E-state index contributed by atoms with van der Waals surface area (Å²) in [6, 6.07) is 10.3. The molecule has 0 radical (unpaired) electrons. The molecule has 1 atom stereocenters. The number of benzene rings is 1. The second-order valence-electron chi connectivity index (χ2n) is 9.03. The van der Waals surface area contributed by atoms with Crippen molar-refractivity contribution in [3.05, 3.63) is 90.8 Å². The number of rotatable bonds is 3. The molecule has 1 aliphatic carbocycles. The van der Waals surface area contributed by atoms with Crippen LogP contribution in [-0.4, -0.2) is 46.9 Å². The number of piperazine rings is 1. The van der Waals surface area contributed by atoms with Crippen LogP contribution in [0.2, 0.25) is 5.02 Å². The Balaban J connectivity index is 1.40. The highest BCUT2D eigenvalue weighted by Crippen LogP contribution is 2.41. The quantitative estimate of drug-likeness (QED) is 0.408. The molecular weight excluding hydrogens is 580 g/mol. The number of aromatic nitrogens is 2. The van der Waals surface area contributed by atoms with Crippen LogP contribution in [0.25, 0.3) is 0 Å². The summed E-state index contributed by atoms with van der Waals surface area (Å²) in [7, 11) is 1.98. The van der Waals surface area contributed by atoms with Gasteiger partial charge in [0.05, 0.1) is 18.2 Å². The molecule has 8 heteroatoms. The van der Waals surface area contributed by atoms with Gasteiger partial charge in [-0.15, -0.1) is 0 Å². The minimum atomic E-state index is 0.0265. The lowest BCUT2D eigenvalue weighted by molar-refractivity contribution is -0.671. The van der Waals surface area contributed by atoms with Gasteiger partial charge in [0.25, 0.3) is 0 Å². The summed E-state index contributed by atoms with van der Waals surface area (Å²) in [4.78, 5) is 22.3. The molecular formula is C26H26Br2ClN4O+. The van der Waals surface area contributed by atoms with Crippen LogP contribution in [0.15, 0.2) is 57.9 Å². The molecule has 0 saturated carbocycles. The van der Waals surface area contributed by atoms with Crippen LogP contribution in [0.4, 0.5) is 0 Å². The summed E-state index contributed by atoms with van der Waals surface area (Å²) >= 11 is 13.8. The fraction of sp³-hybridized carbons (Fsp3) is 0.346. The molecule has 1 amide bonds. The Labute approximate surface area is 222 Å². The number of amides is 1. The Morgan fingerprint density at radius 2 is 1.79 bits per heavy atom. The maximum absolute atomic E-state index is 13.0. The molecule has 3 aromatic rings. The molecule has 0 N–H and O–H groups in total. The maximum Gasteiger partial charge on any atom is 0.227 e. The van der Waals surface area contributed by atoms with Crippen molar-refractivity contribution in [3.63, 3.8) is 0 Å². The largest absolute Gasteiger partial charge is 0.340 e. The summed E-state index contributed by atoms with van der Waals surface area (Å²) in [5.41, 5.74) is 5.91. The van der Waals surface area contributed by atoms with E-state index >= 15 is 0 Å². The average Bonchev–Trinajstić information content (AvgIpc) is 2.97. The molecule has 0 bridgehead atoms. The van der Waals surface area contributed by atoms with Gasteiger partial charge in [-0.25, -0.2) is 4.57 Å². The fourth-order valence-electron chi connectivity index (χ4n) is 5.02. The third kappa shape index (κ3) is 4.94. The van der Waals surface area contributed by atoms with Crippen LogP contribution >= 0.6 is 43.5 Å². The topological polar surface area (TPSA) is 40.3 Å². The van der Waals surface area contributed by atoms with E-state index in [9.17, 15) is 4.79 Å². The van der Waals surface area contributed by atoms with Gasteiger partial charge in [0, 0.05) is 58.5 Å². The molecule has 3 heterocycles. The van der Waals surface area contributed by atoms with E-state index in [1.165, 1.54) is 16.7 Å². The molecule has 34 heavy (non-hydrogen) atoms. The molecule has 1 fully saturated rings. The van der Waals surface area contributed by atoms with E-state index in [0.29, 0.717) is 19.5 Å². The highest BCUT2D eigenvalue weighted by atomic mass is 79.9. The highest BCUT2D eigenvalue weighted by molar-refractivity contribution is 9.10. The van der Waals surface area contributed by atoms with E-state index in [-0.39, 0.29) is 11.9 Å². The first kappa shape index (κ1) is 23.9. The minimum absolute atomic E-state index is 0.0265. The van der Waals surface area contributed by atoms with Gasteiger partial charge in [0.2, 0.25) is 5.91 Å². The zero-order valence-electron chi connectivity index (χ0n) is 19.0. The summed E-state index contributed by atoms with van der Waals surface area (Å²) in [6.45, 7) is 3.02. The van der Waals surface area contributed by atoms with Crippen LogP contribution in [0.1, 0.15) is 34.0 Å². The Morgan fingerprint density at radius 1 is 1.09 bits per heavy atom. The number of hydrogen-bond acceptors (Lipinski definition) is 3. The van der Waals surface area contributed by atoms with Crippen LogP contribution < -0.4 is 4.57 Å². The van der Waals surface area contributed by atoms with Crippen molar-refractivity contribution in [2.24, 2.45) is 7.05 Å². The summed E-state index contributed by atoms with van der Waals surface area (Å²) in [5, 5.41) is 0.745. The number of aryl methyl sites for hydroxylation is 3. The van der Waals surface area contributed by atoms with E-state index < -0.39 is 0 Å². The monoisotopic (exact) mass is 603 g/mol. The molecule has 5 nitrogen and oxygen atoms in total. The number of nitrogens with zero attached hydrogens (tertiary/aromatic N) is 4. The molecule has 5 rings (SSSR count). The Kier molecular flexibility index (Phi) is 7.07. The third-order valence-electron chi connectivity index (χ3n) is 6.78. The summed E-state index contributed by atoms with van der Waals surface area (Å²) in [5.74, 6) is 0.185. The first-order valence-electron chi connectivity index (χ1n) is 11.5. The lowest BCUT2D eigenvalue weighted by atomic mass is 9.96. The molecule has 176 valence electrons. The highest BCUT2D eigenvalue weighted by Gasteiger charge is 2.34. The van der Waals surface area contributed by atoms with Crippen LogP contribution in [-0.2, 0) is 31.1 Å². The Morgan fingerprint density at radius 3 is 2.53 bits per heavy atom. The molecule has 1 unspecified atom stereocenters. The zero-order valence-corrected chi connectivity index (χ0v) is 22.9. The number of carbonyl (C=O) groups excluding carboxylic acids is 1. The molecule has 1 saturated heterocycles. The standard InChI is InChI=1S/C26H26Br2ClN4O/c1-31-6-4-17(5-7-31)12-23(34)32-8-10-33(11-9-32)26-24-18(14-21(29)15-22(24)28)2-3-19-13-20(27)16-30-25(19)26/h4-7,13-16,26H,2-3,8-12H2,1H3/q+1. The van der Waals surface area contributed by atoms with Gasteiger partial charge >= 0.3 is 0 Å². The summed E-state index contributed by atoms with van der Waals surface area (Å²) < 4.78 is 4.00. The number of fused-ring (bicyclic) bond motifs is 2. The molecule has 1 aliphatic heterocycles. The van der Waals surface area contributed by atoms with Crippen molar-refractivity contribution >= 4 is 49.4 Å². The molecule has 2 aliphatic rings. The lowest BCUT2D eigenvalue weighted by Gasteiger charge is -2.40. The van der Waals surface area contributed by atoms with Crippen molar-refractivity contribution in [1.29, 1.82) is 0 Å². The van der Waals surface area contributed by atoms with Gasteiger partial charge in [0.1, 0.15) is 7.05 Å². The number of halogens is 3.